The number of hydrogen-bond donors (Lipinski definition) is 6. The molecule has 0 unspecified atom stereocenters. The highest BCUT2D eigenvalue weighted by molar-refractivity contribution is 6.36. The van der Waals surface area contributed by atoms with E-state index >= 15 is 0 Å². The number of anilines is 6. The van der Waals surface area contributed by atoms with Gasteiger partial charge in [-0.25, -0.2) is 15.0 Å². The third-order valence-electron chi connectivity index (χ3n) is 17.6. The number of nitrogens with one attached hydrogen (secondary N) is 6. The van der Waals surface area contributed by atoms with E-state index < -0.39 is 17.8 Å². The molecule has 0 atom stereocenters. The van der Waals surface area contributed by atoms with Crippen molar-refractivity contribution in [2.45, 2.75) is 46.7 Å². The molecule has 21 nitrogen and oxygen atoms in total. The number of morpholine rings is 1. The van der Waals surface area contributed by atoms with Gasteiger partial charge in [0.1, 0.15) is 17.3 Å². The van der Waals surface area contributed by atoms with E-state index in [2.05, 4.69) is 85.5 Å². The summed E-state index contributed by atoms with van der Waals surface area (Å²) < 4.78 is 43.7. The van der Waals surface area contributed by atoms with Crippen LogP contribution in [0.1, 0.15) is 95.9 Å². The van der Waals surface area contributed by atoms with Crippen LogP contribution in [-0.2, 0) is 17.3 Å². The first-order chi connectivity index (χ1) is 56.2. The first kappa shape index (κ1) is 87.9. The van der Waals surface area contributed by atoms with Gasteiger partial charge in [0.2, 0.25) is 0 Å². The van der Waals surface area contributed by atoms with Crippen LogP contribution in [0, 0.1) is 12.8 Å². The van der Waals surface area contributed by atoms with E-state index in [4.69, 9.17) is 74.3 Å². The van der Waals surface area contributed by atoms with Gasteiger partial charge in [0.05, 0.1) is 94.1 Å². The maximum Gasteiger partial charge on any atom is 0.433 e. The number of amides is 5. The SMILES string of the molecule is CC(C)CNc1ncc(C(=O)Nc2ccc(Cl)c(-c3ccccn3)c2)cc1Cl.CCc1ccnc(-c2cc(NC(=O)c3ccc(C(F)(F)F)nc3C)ccc2Cl)c1.CN(C)C(=O)c1ccc(C(=O)Nc2ccc(Cl)c(-c3ccccn3)c2)c(Cl)c1.O=C(Nc1ccc(Cl)c(-c2ccccn2)c1)c1ccc(NCCCN2CCOCC2)nc1. The van der Waals surface area contributed by atoms with E-state index in [0.29, 0.717) is 98.8 Å². The summed E-state index contributed by atoms with van der Waals surface area (Å²) in [7, 11) is 3.30. The fourth-order valence-corrected chi connectivity index (χ4v) is 12.8. The lowest BCUT2D eigenvalue weighted by Gasteiger charge is -2.26. The van der Waals surface area contributed by atoms with Gasteiger partial charge in [-0.1, -0.05) is 109 Å². The zero-order valence-electron chi connectivity index (χ0n) is 64.2. The fourth-order valence-electron chi connectivity index (χ4n) is 11.4. The van der Waals surface area contributed by atoms with Gasteiger partial charge in [0.25, 0.3) is 29.5 Å². The molecule has 8 heterocycles. The van der Waals surface area contributed by atoms with Crippen LogP contribution in [0.3, 0.4) is 0 Å². The van der Waals surface area contributed by atoms with E-state index in [1.165, 1.54) is 30.2 Å². The van der Waals surface area contributed by atoms with Gasteiger partial charge >= 0.3 is 6.18 Å². The summed E-state index contributed by atoms with van der Waals surface area (Å²) in [5.74, 6) is 0.106. The lowest BCUT2D eigenvalue weighted by molar-refractivity contribution is -0.141. The van der Waals surface area contributed by atoms with Gasteiger partial charge in [0, 0.05) is 128 Å². The lowest BCUT2D eigenvalue weighted by Crippen LogP contribution is -2.37. The number of benzene rings is 5. The van der Waals surface area contributed by atoms with Crippen LogP contribution in [0.25, 0.3) is 45.0 Å². The van der Waals surface area contributed by atoms with Crippen molar-refractivity contribution < 1.29 is 41.9 Å². The number of halogens is 9. The molecule has 0 saturated carbocycles. The van der Waals surface area contributed by atoms with Crippen LogP contribution in [0.5, 0.6) is 0 Å². The molecular weight excluding hydrogens is 1620 g/mol. The van der Waals surface area contributed by atoms with E-state index in [0.717, 1.165) is 105 Å². The predicted octanol–water partition coefficient (Wildman–Crippen LogP) is 20.9. The van der Waals surface area contributed by atoms with Gasteiger partial charge in [0.15, 0.2) is 0 Å². The van der Waals surface area contributed by atoms with E-state index in [-0.39, 0.29) is 45.5 Å². The lowest BCUT2D eigenvalue weighted by atomic mass is 10.1. The Morgan fingerprint density at radius 3 is 1.41 bits per heavy atom. The zero-order valence-corrected chi connectivity index (χ0v) is 68.7. The molecule has 1 aliphatic rings. The monoisotopic (exact) mass is 1700 g/mol. The minimum absolute atomic E-state index is 0.0103. The number of ether oxygens (including phenoxy) is 1. The normalized spacial score (nSPS) is 11.8. The van der Waals surface area contributed by atoms with Crippen LogP contribution in [0.15, 0.2) is 225 Å². The zero-order chi connectivity index (χ0) is 83.7. The van der Waals surface area contributed by atoms with Gasteiger partial charge in [-0.2, -0.15) is 13.2 Å². The second-order valence-corrected chi connectivity index (χ2v) is 29.3. The van der Waals surface area contributed by atoms with Crippen molar-refractivity contribution in [2.24, 2.45) is 5.92 Å². The summed E-state index contributed by atoms with van der Waals surface area (Å²) in [5, 5.41) is 20.4. The van der Waals surface area contributed by atoms with Crippen LogP contribution in [0.4, 0.5) is 47.6 Å². The number of alkyl halides is 3. The average molecular weight is 1700 g/mol. The summed E-state index contributed by atoms with van der Waals surface area (Å²) in [6, 6.07) is 52.9. The first-order valence-corrected chi connectivity index (χ1v) is 39.0. The highest BCUT2D eigenvalue weighted by Gasteiger charge is 2.33. The van der Waals surface area contributed by atoms with Gasteiger partial charge in [-0.3, -0.25) is 48.8 Å². The van der Waals surface area contributed by atoms with Crippen molar-refractivity contribution in [1.29, 1.82) is 0 Å². The Hall–Kier alpha value is -11.5. The molecule has 7 aromatic heterocycles. The maximum absolute atomic E-state index is 12.8. The molecule has 30 heteroatoms. The van der Waals surface area contributed by atoms with E-state index in [1.807, 2.05) is 85.8 Å². The average Bonchev–Trinajstić information content (AvgIpc) is 0.820. The molecule has 5 aromatic carbocycles. The summed E-state index contributed by atoms with van der Waals surface area (Å²) >= 11 is 37.7. The van der Waals surface area contributed by atoms with Crippen LogP contribution >= 0.6 is 69.6 Å². The number of pyridine rings is 7. The van der Waals surface area contributed by atoms with Crippen molar-refractivity contribution >= 4 is 134 Å². The molecule has 0 aliphatic carbocycles. The Morgan fingerprint density at radius 1 is 0.487 bits per heavy atom. The molecule has 0 radical (unpaired) electrons. The van der Waals surface area contributed by atoms with Crippen molar-refractivity contribution in [3.63, 3.8) is 0 Å². The van der Waals surface area contributed by atoms with Crippen LogP contribution < -0.4 is 31.9 Å². The van der Waals surface area contributed by atoms with Gasteiger partial charge in [-0.05, 0) is 208 Å². The smallest absolute Gasteiger partial charge is 0.379 e. The molecule has 0 bridgehead atoms. The van der Waals surface area contributed by atoms with Crippen LogP contribution in [0.2, 0.25) is 30.1 Å². The third-order valence-corrected chi connectivity index (χ3v) is 19.5. The number of rotatable bonds is 22. The number of hydrogen-bond acceptors (Lipinski definition) is 16. The molecule has 5 amide bonds. The molecule has 1 saturated heterocycles. The number of carbonyl (C=O) groups is 5. The number of nitrogens with zero attached hydrogens (tertiary/aromatic N) is 9. The van der Waals surface area contributed by atoms with Crippen molar-refractivity contribution in [2.75, 3.05) is 91.9 Å². The van der Waals surface area contributed by atoms with E-state index in [9.17, 15) is 37.1 Å². The summed E-state index contributed by atoms with van der Waals surface area (Å²) in [4.78, 5) is 95.7. The van der Waals surface area contributed by atoms with Crippen LogP contribution in [-0.4, -0.2) is 134 Å². The molecule has 117 heavy (non-hydrogen) atoms. The van der Waals surface area contributed by atoms with E-state index in [1.54, 1.807) is 130 Å². The minimum atomic E-state index is -4.56. The predicted molar refractivity (Wildman–Crippen MR) is 461 cm³/mol. The standard InChI is InChI=1S/C24H26ClN5O2.C21H20Cl2N4O.C21H17Cl2N3O2.C21H17ClF3N3O/c25-21-7-6-19(16-20(21)22-4-1-2-9-26-22)29-24(31)18-5-8-23(28-17-18)27-10-3-11-30-12-14-32-15-13-30;1-13(2)11-25-20-18(23)9-14(12-26-20)21(28)27-15-6-7-17(22)16(10-15)19-5-3-4-8-24-19;1-26(2)21(28)13-6-8-15(18(23)11-13)20(27)25-14-7-9-17(22)16(12-14)19-5-3-4-10-24-19;1-3-13-8-9-26-18(10-13)16-11-14(4-6-17(16)22)28-20(29)15-5-7-19(21(23,24)25)27-12(15)2/h1-2,4-9,16-17H,3,10-15H2,(H,27,28)(H,29,31);3-10,12-13H,11H2,1-2H3,(H,25,26)(H,27,28);3-12H,1-2H3,(H,25,27);4-11H,3H2,1-2H3,(H,28,29). The quantitative estimate of drug-likeness (QED) is 0.0345. The summed E-state index contributed by atoms with van der Waals surface area (Å²) in [6.45, 7) is 13.8. The molecule has 1 fully saturated rings. The Morgan fingerprint density at radius 2 is 0.957 bits per heavy atom. The molecular formula is C87H80Cl6F3N15O6. The molecule has 0 spiro atoms. The largest absolute Gasteiger partial charge is 0.433 e. The topological polar surface area (TPSA) is 263 Å². The Labute approximate surface area is 705 Å². The molecule has 6 N–H and O–H groups in total. The summed E-state index contributed by atoms with van der Waals surface area (Å²) in [5.41, 5.74) is 9.58. The summed E-state index contributed by atoms with van der Waals surface area (Å²) in [6.07, 6.45) is 7.14. The fraction of sp³-hybridized carbons (Fsp3) is 0.195. The number of carbonyl (C=O) groups excluding carboxylic acids is 5. The van der Waals surface area contributed by atoms with Gasteiger partial charge < -0.3 is 41.5 Å². The Balaban J connectivity index is 0.000000165. The molecule has 13 rings (SSSR count). The van der Waals surface area contributed by atoms with Gasteiger partial charge in [-0.15, -0.1) is 0 Å². The molecule has 602 valence electrons. The Kier molecular flexibility index (Phi) is 31.9. The second-order valence-electron chi connectivity index (χ2n) is 26.9. The van der Waals surface area contributed by atoms with Crippen molar-refractivity contribution in [1.82, 2.24) is 44.7 Å². The molecule has 12 aromatic rings. The number of aromatic nitrogens is 7. The highest BCUT2D eigenvalue weighted by Crippen LogP contribution is 2.36. The molecule has 1 aliphatic heterocycles. The first-order valence-electron chi connectivity index (χ1n) is 36.8. The highest BCUT2D eigenvalue weighted by atomic mass is 35.5. The van der Waals surface area contributed by atoms with Crippen molar-refractivity contribution in [3.8, 4) is 45.0 Å². The third kappa shape index (κ3) is 25.5. The number of aryl methyl sites for hydroxylation is 2. The minimum Gasteiger partial charge on any atom is -0.379 e. The van der Waals surface area contributed by atoms with Crippen molar-refractivity contribution in [3.05, 3.63) is 300 Å². The maximum atomic E-state index is 12.8. The Bertz CT molecular complexity index is 5450. The second kappa shape index (κ2) is 42.4.